The summed E-state index contributed by atoms with van der Waals surface area (Å²) in [5.41, 5.74) is 4.02. The van der Waals surface area contributed by atoms with E-state index in [1.54, 1.807) is 0 Å². The molecule has 0 fully saturated rings. The van der Waals surface area contributed by atoms with Crippen LogP contribution in [-0.4, -0.2) is 10.2 Å². The maximum absolute atomic E-state index is 3.79. The lowest BCUT2D eigenvalue weighted by Gasteiger charge is -2.12. The molecule has 0 bridgehead atoms. The number of hydrogen-bond donors (Lipinski definition) is 0. The van der Waals surface area contributed by atoms with Crippen LogP contribution in [0.1, 0.15) is 16.7 Å². The second-order valence-electron chi connectivity index (χ2n) is 3.36. The van der Waals surface area contributed by atoms with Crippen molar-refractivity contribution in [1.29, 1.82) is 0 Å². The molecule has 1 aromatic rings. The van der Waals surface area contributed by atoms with Crippen LogP contribution in [-0.2, 0) is 12.8 Å². The zero-order valence-corrected chi connectivity index (χ0v) is 9.64. The summed E-state index contributed by atoms with van der Waals surface area (Å²) in [5.74, 6) is 0. The highest BCUT2D eigenvalue weighted by Crippen LogP contribution is 2.14. The highest BCUT2D eigenvalue weighted by molar-refractivity contribution is 6.33. The minimum Gasteiger partial charge on any atom is -0.103 e. The fourth-order valence-corrected chi connectivity index (χ4v) is 1.82. The molecule has 0 aromatic heterocycles. The van der Waals surface area contributed by atoms with Gasteiger partial charge in [0.2, 0.25) is 0 Å². The van der Waals surface area contributed by atoms with Gasteiger partial charge in [-0.3, -0.25) is 0 Å². The molecule has 1 aromatic carbocycles. The SMILES string of the molecule is C=CCc1ccc([Si])c(C)c1CC=C. The summed E-state index contributed by atoms with van der Waals surface area (Å²) in [7, 11) is 3.59. The monoisotopic (exact) mass is 199 g/mol. The first-order chi connectivity index (χ1) is 6.70. The summed E-state index contributed by atoms with van der Waals surface area (Å²) in [5, 5.41) is 1.16. The topological polar surface area (TPSA) is 0 Å². The molecule has 0 nitrogen and oxygen atoms in total. The molecule has 0 saturated carbocycles. The Bertz CT molecular complexity index is 350. The van der Waals surface area contributed by atoms with Crippen LogP contribution < -0.4 is 5.19 Å². The van der Waals surface area contributed by atoms with Gasteiger partial charge in [0.25, 0.3) is 0 Å². The second kappa shape index (κ2) is 4.96. The average molecular weight is 199 g/mol. The molecule has 0 heterocycles. The lowest BCUT2D eigenvalue weighted by Crippen LogP contribution is -2.11. The molecule has 71 valence electrons. The van der Waals surface area contributed by atoms with Crippen molar-refractivity contribution < 1.29 is 0 Å². The molecule has 0 N–H and O–H groups in total. The van der Waals surface area contributed by atoms with Crippen molar-refractivity contribution in [3.8, 4) is 0 Å². The average Bonchev–Trinajstić information content (AvgIpc) is 2.18. The Balaban J connectivity index is 3.21. The quantitative estimate of drug-likeness (QED) is 0.515. The lowest BCUT2D eigenvalue weighted by atomic mass is 9.97. The molecule has 0 amide bonds. The van der Waals surface area contributed by atoms with Crippen molar-refractivity contribution in [2.75, 3.05) is 0 Å². The van der Waals surface area contributed by atoms with Gasteiger partial charge in [-0.1, -0.05) is 29.5 Å². The molecule has 0 atom stereocenters. The van der Waals surface area contributed by atoms with Crippen molar-refractivity contribution in [2.45, 2.75) is 19.8 Å². The smallest absolute Gasteiger partial charge is 0.0715 e. The molecule has 0 aliphatic rings. The molecule has 0 unspecified atom stereocenters. The van der Waals surface area contributed by atoms with Crippen molar-refractivity contribution in [2.24, 2.45) is 0 Å². The Hall–Kier alpha value is -1.08. The van der Waals surface area contributed by atoms with E-state index in [4.69, 9.17) is 0 Å². The Morgan fingerprint density at radius 3 is 2.43 bits per heavy atom. The molecule has 1 rings (SSSR count). The zero-order chi connectivity index (χ0) is 10.6. The van der Waals surface area contributed by atoms with Crippen LogP contribution in [0.3, 0.4) is 0 Å². The van der Waals surface area contributed by atoms with Gasteiger partial charge >= 0.3 is 0 Å². The van der Waals surface area contributed by atoms with Gasteiger partial charge in [0.1, 0.15) is 0 Å². The summed E-state index contributed by atoms with van der Waals surface area (Å²) in [6, 6.07) is 4.24. The summed E-state index contributed by atoms with van der Waals surface area (Å²) in [4.78, 5) is 0. The van der Waals surface area contributed by atoms with Gasteiger partial charge in [0, 0.05) is 0 Å². The molecule has 0 aliphatic carbocycles. The van der Waals surface area contributed by atoms with Gasteiger partial charge in [-0.2, -0.15) is 0 Å². The summed E-state index contributed by atoms with van der Waals surface area (Å²) >= 11 is 0. The van der Waals surface area contributed by atoms with Gasteiger partial charge in [0.05, 0.1) is 10.2 Å². The number of hydrogen-bond acceptors (Lipinski definition) is 0. The molecule has 3 radical (unpaired) electrons. The number of benzene rings is 1. The third kappa shape index (κ3) is 2.24. The van der Waals surface area contributed by atoms with E-state index >= 15 is 0 Å². The normalized spacial score (nSPS) is 9.86. The van der Waals surface area contributed by atoms with Crippen molar-refractivity contribution >= 4 is 15.4 Å². The first-order valence-corrected chi connectivity index (χ1v) is 5.25. The highest BCUT2D eigenvalue weighted by Gasteiger charge is 2.04. The van der Waals surface area contributed by atoms with Crippen LogP contribution in [0.4, 0.5) is 0 Å². The van der Waals surface area contributed by atoms with E-state index in [0.717, 1.165) is 18.0 Å². The van der Waals surface area contributed by atoms with Gasteiger partial charge < -0.3 is 0 Å². The third-order valence-corrected chi connectivity index (χ3v) is 2.95. The van der Waals surface area contributed by atoms with Crippen molar-refractivity contribution in [3.05, 3.63) is 54.1 Å². The van der Waals surface area contributed by atoms with Crippen LogP contribution in [0.2, 0.25) is 0 Å². The van der Waals surface area contributed by atoms with E-state index in [2.05, 4.69) is 42.5 Å². The molecule has 1 heteroatoms. The third-order valence-electron chi connectivity index (χ3n) is 2.41. The zero-order valence-electron chi connectivity index (χ0n) is 8.64. The van der Waals surface area contributed by atoms with Crippen LogP contribution in [0.5, 0.6) is 0 Å². The fraction of sp³-hybridized carbons (Fsp3) is 0.231. The minimum atomic E-state index is 0.924. The molecule has 0 spiro atoms. The van der Waals surface area contributed by atoms with Crippen molar-refractivity contribution in [3.63, 3.8) is 0 Å². The van der Waals surface area contributed by atoms with Gasteiger partial charge in [0.15, 0.2) is 0 Å². The van der Waals surface area contributed by atoms with Crippen LogP contribution in [0.15, 0.2) is 37.4 Å². The molecular formula is C13H15Si. The van der Waals surface area contributed by atoms with Gasteiger partial charge in [-0.15, -0.1) is 13.2 Å². The van der Waals surface area contributed by atoms with E-state index in [-0.39, 0.29) is 0 Å². The second-order valence-corrected chi connectivity index (χ2v) is 3.90. The Kier molecular flexibility index (Phi) is 3.90. The molecule has 0 saturated heterocycles. The van der Waals surface area contributed by atoms with Crippen LogP contribution in [0.25, 0.3) is 0 Å². The Labute approximate surface area is 89.8 Å². The standard InChI is InChI=1S/C13H15Si/c1-4-6-11-8-9-13(14)10(3)12(11)7-5-2/h4-5,8-9H,1-2,6-7H2,3H3. The molecule has 14 heavy (non-hydrogen) atoms. The number of allylic oxidation sites excluding steroid dienone is 2. The van der Waals surface area contributed by atoms with Crippen LogP contribution >= 0.6 is 0 Å². The van der Waals surface area contributed by atoms with Gasteiger partial charge in [-0.25, -0.2) is 0 Å². The first-order valence-electron chi connectivity index (χ1n) is 4.75. The molecular weight excluding hydrogens is 184 g/mol. The van der Waals surface area contributed by atoms with E-state index in [9.17, 15) is 0 Å². The number of rotatable bonds is 4. The Morgan fingerprint density at radius 2 is 1.86 bits per heavy atom. The highest BCUT2D eigenvalue weighted by atomic mass is 28.1. The largest absolute Gasteiger partial charge is 0.103 e. The summed E-state index contributed by atoms with van der Waals surface area (Å²) < 4.78 is 0. The molecule has 0 aliphatic heterocycles. The maximum Gasteiger partial charge on any atom is 0.0715 e. The fourth-order valence-electron chi connectivity index (χ4n) is 1.59. The van der Waals surface area contributed by atoms with E-state index in [1.165, 1.54) is 16.7 Å². The summed E-state index contributed by atoms with van der Waals surface area (Å²) in [6.07, 6.45) is 5.74. The van der Waals surface area contributed by atoms with E-state index < -0.39 is 0 Å². The summed E-state index contributed by atoms with van der Waals surface area (Å²) in [6.45, 7) is 9.69. The van der Waals surface area contributed by atoms with Crippen molar-refractivity contribution in [1.82, 2.24) is 0 Å². The van der Waals surface area contributed by atoms with E-state index in [0.29, 0.717) is 0 Å². The lowest BCUT2D eigenvalue weighted by molar-refractivity contribution is 1.13. The van der Waals surface area contributed by atoms with Gasteiger partial charge in [-0.05, 0) is 36.5 Å². The van der Waals surface area contributed by atoms with Crippen LogP contribution in [0, 0.1) is 6.92 Å². The Morgan fingerprint density at radius 1 is 1.21 bits per heavy atom. The van der Waals surface area contributed by atoms with E-state index in [1.807, 2.05) is 12.2 Å². The predicted octanol–water partition coefficient (Wildman–Crippen LogP) is 2.25. The minimum absolute atomic E-state index is 0.924. The maximum atomic E-state index is 3.79. The first kappa shape index (κ1) is 11.0. The predicted molar refractivity (Wildman–Crippen MR) is 64.4 cm³/mol.